The van der Waals surface area contributed by atoms with Gasteiger partial charge in [-0.15, -0.1) is 0 Å². The van der Waals surface area contributed by atoms with Crippen LogP contribution >= 0.6 is 11.8 Å². The number of Topliss-reactive ketones (excluding diaryl/α,β-unsaturated/α-hetero) is 1. The highest BCUT2D eigenvalue weighted by Gasteiger charge is 2.25. The molecular formula is C17H43N3O2S. The van der Waals surface area contributed by atoms with Gasteiger partial charge in [-0.3, -0.25) is 4.79 Å². The van der Waals surface area contributed by atoms with Gasteiger partial charge in [0, 0.05) is 17.4 Å². The van der Waals surface area contributed by atoms with Crippen molar-refractivity contribution in [2.75, 3.05) is 31.6 Å². The lowest BCUT2D eigenvalue weighted by molar-refractivity contribution is -0.121. The first-order chi connectivity index (χ1) is 10.9. The molecule has 0 fully saturated rings. The lowest BCUT2D eigenvalue weighted by Crippen LogP contribution is -2.53. The molecule has 2 amide bonds. The van der Waals surface area contributed by atoms with Gasteiger partial charge in [-0.25, -0.2) is 4.79 Å². The third kappa shape index (κ3) is 15.9. The Morgan fingerprint density at radius 3 is 2.17 bits per heavy atom. The number of ketones is 1. The van der Waals surface area contributed by atoms with E-state index in [2.05, 4.69) is 22.2 Å². The molecule has 0 heterocycles. The third-order valence-corrected chi connectivity index (χ3v) is 4.04. The molecule has 0 saturated heterocycles. The van der Waals surface area contributed by atoms with Crippen molar-refractivity contribution in [2.24, 2.45) is 0 Å². The summed E-state index contributed by atoms with van der Waals surface area (Å²) < 4.78 is 0. The van der Waals surface area contributed by atoms with Crippen LogP contribution in [0.1, 0.15) is 64.6 Å². The van der Waals surface area contributed by atoms with E-state index in [0.29, 0.717) is 6.54 Å². The Balaban J connectivity index is -0.000000283. The summed E-state index contributed by atoms with van der Waals surface area (Å²) in [6, 6.07) is -0.297. The van der Waals surface area contributed by atoms with Gasteiger partial charge in [0.1, 0.15) is 0 Å². The lowest BCUT2D eigenvalue weighted by atomic mass is 10.0. The molecule has 0 saturated carbocycles. The zero-order valence-electron chi connectivity index (χ0n) is 15.9. The number of unbranched alkanes of at least 4 members (excludes halogenated alkanes) is 3. The van der Waals surface area contributed by atoms with Crippen molar-refractivity contribution in [3.63, 3.8) is 0 Å². The van der Waals surface area contributed by atoms with Crippen LogP contribution < -0.4 is 16.0 Å². The van der Waals surface area contributed by atoms with Crippen LogP contribution in [0.5, 0.6) is 0 Å². The van der Waals surface area contributed by atoms with Crippen LogP contribution in [0, 0.1) is 0 Å². The number of hydrogen-bond donors (Lipinski definition) is 3. The minimum absolute atomic E-state index is 0. The number of urea groups is 1. The molecule has 0 aromatic rings. The second-order valence-electron chi connectivity index (χ2n) is 5.72. The third-order valence-electron chi connectivity index (χ3n) is 3.35. The van der Waals surface area contributed by atoms with Gasteiger partial charge in [0.05, 0.1) is 5.54 Å². The van der Waals surface area contributed by atoms with Crippen molar-refractivity contribution in [1.29, 1.82) is 0 Å². The normalized spacial score (nSPS) is 10.5. The van der Waals surface area contributed by atoms with E-state index in [-0.39, 0.29) is 16.1 Å². The zero-order chi connectivity index (χ0) is 18.1. The van der Waals surface area contributed by atoms with Crippen LogP contribution in [0.4, 0.5) is 4.79 Å². The second kappa shape index (κ2) is 16.1. The molecule has 144 valence electrons. The number of hydrogen-bond acceptors (Lipinski definition) is 4. The number of carbonyl (C=O) groups is 2. The summed E-state index contributed by atoms with van der Waals surface area (Å²) in [7, 11) is 0. The van der Waals surface area contributed by atoms with Crippen molar-refractivity contribution in [2.45, 2.75) is 65.8 Å². The molecule has 0 rings (SSSR count). The number of thioether (sulfide) groups is 1. The summed E-state index contributed by atoms with van der Waals surface area (Å²) in [6.07, 6.45) is 7.17. The Hall–Kier alpha value is -0.750. The van der Waals surface area contributed by atoms with Gasteiger partial charge in [0.25, 0.3) is 0 Å². The average Bonchev–Trinajstić information content (AvgIpc) is 2.50. The van der Waals surface area contributed by atoms with Gasteiger partial charge >= 0.3 is 6.03 Å². The van der Waals surface area contributed by atoms with E-state index in [1.165, 1.54) is 38.4 Å². The fourth-order valence-electron chi connectivity index (χ4n) is 1.66. The van der Waals surface area contributed by atoms with E-state index in [9.17, 15) is 9.59 Å². The highest BCUT2D eigenvalue weighted by Crippen LogP contribution is 2.04. The van der Waals surface area contributed by atoms with Gasteiger partial charge in [-0.1, -0.05) is 26.7 Å². The highest BCUT2D eigenvalue weighted by atomic mass is 32.2. The summed E-state index contributed by atoms with van der Waals surface area (Å²) in [5.74, 6) is 1.19. The monoisotopic (exact) mass is 353 g/mol. The Labute approximate surface area is 151 Å². The molecular weight excluding hydrogens is 310 g/mol. The molecule has 5 nitrogen and oxygen atoms in total. The fourth-order valence-corrected chi connectivity index (χ4v) is 2.15. The van der Waals surface area contributed by atoms with Gasteiger partial charge in [0.2, 0.25) is 0 Å². The second-order valence-corrected chi connectivity index (χ2v) is 6.70. The Morgan fingerprint density at radius 1 is 1.00 bits per heavy atom. The van der Waals surface area contributed by atoms with Crippen molar-refractivity contribution < 1.29 is 13.9 Å². The standard InChI is InChI=1S/C15H31N3O2S.C2H6.3H2/c1-13(19)15(2,3)18-14(20)17-11-10-16-9-7-5-6-8-12-21-4;1-2;;;/h16H,5-12H2,1-4H3,(H2,17,18,20);1-2H3;3*1H. The molecule has 0 unspecified atom stereocenters. The largest absolute Gasteiger partial charge is 0.337 e. The molecule has 0 spiro atoms. The topological polar surface area (TPSA) is 70.2 Å². The minimum atomic E-state index is -0.811. The lowest BCUT2D eigenvalue weighted by Gasteiger charge is -2.23. The van der Waals surface area contributed by atoms with Crippen molar-refractivity contribution in [1.82, 2.24) is 16.0 Å². The molecule has 0 bridgehead atoms. The van der Waals surface area contributed by atoms with E-state index in [1.807, 2.05) is 25.6 Å². The Bertz CT molecular complexity index is 324. The quantitative estimate of drug-likeness (QED) is 0.465. The molecule has 23 heavy (non-hydrogen) atoms. The molecule has 0 radical (unpaired) electrons. The summed E-state index contributed by atoms with van der Waals surface area (Å²) in [5.41, 5.74) is -0.811. The predicted molar refractivity (Wildman–Crippen MR) is 109 cm³/mol. The summed E-state index contributed by atoms with van der Waals surface area (Å²) in [4.78, 5) is 22.9. The van der Waals surface area contributed by atoms with E-state index in [1.54, 1.807) is 13.8 Å². The average molecular weight is 354 g/mol. The van der Waals surface area contributed by atoms with E-state index in [0.717, 1.165) is 13.1 Å². The summed E-state index contributed by atoms with van der Waals surface area (Å²) in [5, 5.41) is 8.70. The van der Waals surface area contributed by atoms with Crippen LogP contribution in [0.3, 0.4) is 0 Å². The maximum absolute atomic E-state index is 11.6. The molecule has 6 heteroatoms. The van der Waals surface area contributed by atoms with Crippen molar-refractivity contribution in [3.8, 4) is 0 Å². The van der Waals surface area contributed by atoms with E-state index < -0.39 is 5.54 Å². The number of carbonyl (C=O) groups excluding carboxylic acids is 2. The van der Waals surface area contributed by atoms with Crippen LogP contribution in [0.15, 0.2) is 0 Å². The van der Waals surface area contributed by atoms with Gasteiger partial charge in [-0.05, 0) is 52.2 Å². The Morgan fingerprint density at radius 2 is 1.61 bits per heavy atom. The van der Waals surface area contributed by atoms with E-state index in [4.69, 9.17) is 0 Å². The molecule has 0 atom stereocenters. The molecule has 0 aliphatic carbocycles. The van der Waals surface area contributed by atoms with Crippen molar-refractivity contribution >= 4 is 23.6 Å². The first-order valence-electron chi connectivity index (χ1n) is 8.67. The maximum atomic E-state index is 11.6. The Kier molecular flexibility index (Phi) is 17.2. The number of rotatable bonds is 12. The van der Waals surface area contributed by atoms with Crippen molar-refractivity contribution in [3.05, 3.63) is 0 Å². The first kappa shape index (κ1) is 24.5. The SMILES string of the molecule is CC.CSCCCCCCNCCNC(=O)NC(C)(C)C(C)=O.[HH].[HH].[HH]. The van der Waals surface area contributed by atoms with Gasteiger partial charge in [-0.2, -0.15) is 11.8 Å². The fraction of sp³-hybridized carbons (Fsp3) is 0.882. The molecule has 0 aliphatic heterocycles. The van der Waals surface area contributed by atoms with Crippen LogP contribution in [0.25, 0.3) is 0 Å². The van der Waals surface area contributed by atoms with Gasteiger partial charge in [0.15, 0.2) is 5.78 Å². The predicted octanol–water partition coefficient (Wildman–Crippen LogP) is 3.93. The highest BCUT2D eigenvalue weighted by molar-refractivity contribution is 7.98. The number of nitrogens with one attached hydrogen (secondary N) is 3. The minimum Gasteiger partial charge on any atom is -0.337 e. The molecule has 0 aliphatic rings. The molecule has 0 aromatic carbocycles. The van der Waals surface area contributed by atoms with Gasteiger partial charge < -0.3 is 16.0 Å². The maximum Gasteiger partial charge on any atom is 0.315 e. The summed E-state index contributed by atoms with van der Waals surface area (Å²) in [6.45, 7) is 11.2. The zero-order valence-corrected chi connectivity index (χ0v) is 16.7. The molecule has 0 aromatic heterocycles. The number of amides is 2. The van der Waals surface area contributed by atoms with E-state index >= 15 is 0 Å². The van der Waals surface area contributed by atoms with Crippen LogP contribution in [0.2, 0.25) is 0 Å². The van der Waals surface area contributed by atoms with Crippen LogP contribution in [-0.2, 0) is 4.79 Å². The summed E-state index contributed by atoms with van der Waals surface area (Å²) >= 11 is 1.90. The molecule has 3 N–H and O–H groups in total. The van der Waals surface area contributed by atoms with Crippen LogP contribution in [-0.4, -0.2) is 49.0 Å². The smallest absolute Gasteiger partial charge is 0.315 e. The first-order valence-corrected chi connectivity index (χ1v) is 10.1.